The molecule has 3 aromatic rings. The molecule has 2 amide bonds. The van der Waals surface area contributed by atoms with Crippen molar-refractivity contribution >= 4 is 11.8 Å². The molecule has 6 atom stereocenters. The Bertz CT molecular complexity index is 1870. The highest BCUT2D eigenvalue weighted by Crippen LogP contribution is 2.57. The maximum atomic E-state index is 13.5. The molecule has 4 aliphatic rings. The predicted molar refractivity (Wildman–Crippen MR) is 181 cm³/mol. The Labute approximate surface area is 286 Å². The van der Waals surface area contributed by atoms with Crippen LogP contribution in [0.2, 0.25) is 0 Å². The summed E-state index contributed by atoms with van der Waals surface area (Å²) in [5, 5.41) is 39.9. The Morgan fingerprint density at radius 3 is 2.49 bits per heavy atom. The van der Waals surface area contributed by atoms with E-state index >= 15 is 0 Å². The van der Waals surface area contributed by atoms with E-state index in [4.69, 9.17) is 9.47 Å². The molecule has 11 nitrogen and oxygen atoms in total. The number of phenols is 2. The van der Waals surface area contributed by atoms with Crippen LogP contribution < -0.4 is 20.1 Å². The van der Waals surface area contributed by atoms with E-state index in [2.05, 4.69) is 32.6 Å². The van der Waals surface area contributed by atoms with Gasteiger partial charge in [0.25, 0.3) is 0 Å². The molecule has 0 aliphatic carbocycles. The summed E-state index contributed by atoms with van der Waals surface area (Å²) in [7, 11) is 2.01. The number of ether oxygens (including phenoxy) is 2. The molecule has 4 heterocycles. The number of phenolic OH excluding ortho intramolecular Hbond substituents is 2. The summed E-state index contributed by atoms with van der Waals surface area (Å²) in [5.41, 5.74) is 6.70. The monoisotopic (exact) mass is 665 g/mol. The molecule has 4 N–H and O–H groups in total. The predicted octanol–water partition coefficient (Wildman–Crippen LogP) is 3.78. The third kappa shape index (κ3) is 5.34. The molecule has 1 unspecified atom stereocenters. The largest absolute Gasteiger partial charge is 0.507 e. The first-order valence-corrected chi connectivity index (χ1v) is 17.0. The average molecular weight is 666 g/mol. The smallest absolute Gasteiger partial charge is 0.242 e. The molecule has 7 rings (SSSR count). The lowest BCUT2D eigenvalue weighted by Crippen LogP contribution is -2.69. The van der Waals surface area contributed by atoms with Crippen molar-refractivity contribution in [2.45, 2.75) is 89.6 Å². The molecule has 0 aromatic heterocycles. The zero-order chi connectivity index (χ0) is 34.7. The quantitative estimate of drug-likeness (QED) is 0.296. The highest BCUT2D eigenvalue weighted by atomic mass is 16.7. The summed E-state index contributed by atoms with van der Waals surface area (Å²) in [5.74, 6) is 0.757. The van der Waals surface area contributed by atoms with Gasteiger partial charge in [-0.15, -0.1) is 0 Å². The summed E-state index contributed by atoms with van der Waals surface area (Å²) < 4.78 is 11.9. The fourth-order valence-corrected chi connectivity index (χ4v) is 8.54. The van der Waals surface area contributed by atoms with Crippen molar-refractivity contribution in [3.8, 4) is 29.1 Å². The second kappa shape index (κ2) is 12.6. The number of rotatable bonds is 7. The van der Waals surface area contributed by atoms with Gasteiger partial charge in [-0.1, -0.05) is 36.4 Å². The van der Waals surface area contributed by atoms with Crippen LogP contribution in [0.4, 0.5) is 0 Å². The number of piperazine rings is 1. The van der Waals surface area contributed by atoms with E-state index in [1.807, 2.05) is 51.2 Å². The van der Waals surface area contributed by atoms with Crippen LogP contribution in [0.25, 0.3) is 0 Å². The van der Waals surface area contributed by atoms with Gasteiger partial charge < -0.3 is 30.3 Å². The van der Waals surface area contributed by atoms with E-state index in [0.717, 1.165) is 27.8 Å². The maximum absolute atomic E-state index is 13.5. The number of aromatic hydroxyl groups is 2. The van der Waals surface area contributed by atoms with Crippen molar-refractivity contribution in [3.05, 3.63) is 80.9 Å². The number of hydrogen-bond acceptors (Lipinski definition) is 9. The third-order valence-corrected chi connectivity index (χ3v) is 11.2. The van der Waals surface area contributed by atoms with Gasteiger partial charge >= 0.3 is 0 Å². The molecule has 3 aromatic carbocycles. The Balaban J connectivity index is 1.23. The Kier molecular flexibility index (Phi) is 8.41. The lowest BCUT2D eigenvalue weighted by molar-refractivity contribution is -0.129. The van der Waals surface area contributed by atoms with Crippen LogP contribution in [-0.2, 0) is 28.9 Å². The SMILES string of the molecule is Cc1cc2c(c(O)c1C)[C@H]1C3Cc4c(O)c(C)c5c(c4[C@H](CNC(=O)[C@H](C)NC(=O)CCc4ccccc4)N3[C@@H](C#N)[C@H](C2)N1C)OCO5. The zero-order valence-corrected chi connectivity index (χ0v) is 28.5. The molecule has 256 valence electrons. The number of nitriles is 1. The Morgan fingerprint density at radius 2 is 1.76 bits per heavy atom. The van der Waals surface area contributed by atoms with Gasteiger partial charge in [-0.25, -0.2) is 0 Å². The van der Waals surface area contributed by atoms with Crippen LogP contribution in [0.5, 0.6) is 23.0 Å². The van der Waals surface area contributed by atoms with Crippen molar-refractivity contribution in [2.24, 2.45) is 0 Å². The van der Waals surface area contributed by atoms with E-state index < -0.39 is 18.1 Å². The van der Waals surface area contributed by atoms with Crippen LogP contribution in [0, 0.1) is 32.1 Å². The van der Waals surface area contributed by atoms with Crippen molar-refractivity contribution < 1.29 is 29.3 Å². The summed E-state index contributed by atoms with van der Waals surface area (Å²) in [6, 6.07) is 11.7. The van der Waals surface area contributed by atoms with Gasteiger partial charge in [0.05, 0.1) is 18.2 Å². The minimum atomic E-state index is -0.799. The number of carbonyl (C=O) groups excluding carboxylic acids is 2. The molecule has 0 spiro atoms. The van der Waals surface area contributed by atoms with Crippen LogP contribution in [0.3, 0.4) is 0 Å². The van der Waals surface area contributed by atoms with Crippen molar-refractivity contribution in [1.29, 1.82) is 5.26 Å². The molecule has 0 radical (unpaired) electrons. The number of hydrogen-bond donors (Lipinski definition) is 4. The standard InChI is InChI=1S/C38H43N5O6/c1-19-13-24-14-26-28(16-39)43-27(33(42(26)5)31(24)35(46)20(19)2)15-25-32(37-36(48-18-49-37)21(3)34(25)45)29(43)17-40-38(47)22(4)41-30(44)12-11-23-9-7-6-8-10-23/h6-10,13,22,26-29,33,45-46H,11-12,14-15,17-18H2,1-5H3,(H,40,47)(H,41,44)/t22-,26-,27?,28-,29-,33+/m0/s1. The number of likely N-dealkylation sites (N-methyl/N-ethyl adjacent to an activating group) is 1. The van der Waals surface area contributed by atoms with Gasteiger partial charge in [-0.05, 0) is 76.3 Å². The molecule has 49 heavy (non-hydrogen) atoms. The van der Waals surface area contributed by atoms with E-state index in [1.54, 1.807) is 13.8 Å². The van der Waals surface area contributed by atoms with Gasteiger partial charge in [0.2, 0.25) is 18.6 Å². The topological polar surface area (TPSA) is 147 Å². The number of nitrogens with one attached hydrogen (secondary N) is 2. The molecule has 0 saturated carbocycles. The molecule has 4 aliphatic heterocycles. The van der Waals surface area contributed by atoms with Crippen molar-refractivity contribution in [2.75, 3.05) is 20.4 Å². The van der Waals surface area contributed by atoms with Gasteiger partial charge in [-0.2, -0.15) is 5.26 Å². The normalized spacial score (nSPS) is 24.2. The number of aryl methyl sites for hydroxylation is 2. The van der Waals surface area contributed by atoms with Crippen LogP contribution >= 0.6 is 0 Å². The summed E-state index contributed by atoms with van der Waals surface area (Å²) >= 11 is 0. The number of amides is 2. The first-order valence-electron chi connectivity index (χ1n) is 17.0. The molecule has 11 heteroatoms. The Morgan fingerprint density at radius 1 is 1.02 bits per heavy atom. The summed E-state index contributed by atoms with van der Waals surface area (Å²) in [4.78, 5) is 30.7. The zero-order valence-electron chi connectivity index (χ0n) is 28.5. The van der Waals surface area contributed by atoms with Crippen molar-refractivity contribution in [3.63, 3.8) is 0 Å². The van der Waals surface area contributed by atoms with E-state index in [1.165, 1.54) is 0 Å². The second-order valence-electron chi connectivity index (χ2n) is 13.9. The van der Waals surface area contributed by atoms with Crippen LogP contribution in [-0.4, -0.2) is 76.4 Å². The van der Waals surface area contributed by atoms with Gasteiger partial charge in [0.15, 0.2) is 11.5 Å². The maximum Gasteiger partial charge on any atom is 0.242 e. The number of fused-ring (bicyclic) bond motifs is 9. The minimum absolute atomic E-state index is 0.00381. The lowest BCUT2D eigenvalue weighted by Gasteiger charge is -2.60. The molecular formula is C38H43N5O6. The average Bonchev–Trinajstić information content (AvgIpc) is 3.58. The fourth-order valence-electron chi connectivity index (χ4n) is 8.54. The van der Waals surface area contributed by atoms with E-state index in [-0.39, 0.29) is 61.2 Å². The van der Waals surface area contributed by atoms with Crippen molar-refractivity contribution in [1.82, 2.24) is 20.4 Å². The number of nitrogens with zero attached hydrogens (tertiary/aromatic N) is 3. The van der Waals surface area contributed by atoms with Gasteiger partial charge in [-0.3, -0.25) is 19.4 Å². The molecule has 2 bridgehead atoms. The van der Waals surface area contributed by atoms with E-state index in [0.29, 0.717) is 47.5 Å². The molecule has 1 saturated heterocycles. The summed E-state index contributed by atoms with van der Waals surface area (Å²) in [6.07, 6.45) is 1.79. The third-order valence-electron chi connectivity index (χ3n) is 11.2. The van der Waals surface area contributed by atoms with Gasteiger partial charge in [0, 0.05) is 47.3 Å². The lowest BCUT2D eigenvalue weighted by atomic mass is 9.71. The van der Waals surface area contributed by atoms with E-state index in [9.17, 15) is 25.1 Å². The second-order valence-corrected chi connectivity index (χ2v) is 13.9. The highest BCUT2D eigenvalue weighted by Gasteiger charge is 2.56. The van der Waals surface area contributed by atoms with Crippen LogP contribution in [0.1, 0.15) is 69.9 Å². The summed E-state index contributed by atoms with van der Waals surface area (Å²) in [6.45, 7) is 7.45. The number of carbonyl (C=O) groups is 2. The van der Waals surface area contributed by atoms with Crippen LogP contribution in [0.15, 0.2) is 36.4 Å². The minimum Gasteiger partial charge on any atom is -0.507 e. The Hall–Kier alpha value is -4.79. The molecular weight excluding hydrogens is 622 g/mol. The first-order chi connectivity index (χ1) is 23.5. The fraction of sp³-hybridized carbons (Fsp3) is 0.447. The number of benzene rings is 3. The highest BCUT2D eigenvalue weighted by molar-refractivity contribution is 5.87. The molecule has 1 fully saturated rings. The van der Waals surface area contributed by atoms with Gasteiger partial charge in [0.1, 0.15) is 23.6 Å². The first kappa shape index (κ1) is 32.7.